The number of anilines is 1. The fourth-order valence-corrected chi connectivity index (χ4v) is 3.84. The first-order valence-corrected chi connectivity index (χ1v) is 10.0. The zero-order valence-electron chi connectivity index (χ0n) is 16.4. The van der Waals surface area contributed by atoms with Gasteiger partial charge in [0.1, 0.15) is 5.82 Å². The maximum absolute atomic E-state index is 4.69. The summed E-state index contributed by atoms with van der Waals surface area (Å²) in [5, 5.41) is 11.6. The summed E-state index contributed by atoms with van der Waals surface area (Å²) in [5.74, 6) is 1.65. The molecule has 1 atom stereocenters. The number of aromatic nitrogens is 3. The fourth-order valence-electron chi connectivity index (χ4n) is 3.84. The Bertz CT molecular complexity index is 1110. The maximum Gasteiger partial charge on any atom is 0.177 e. The highest BCUT2D eigenvalue weighted by atomic mass is 15.3. The number of benzene rings is 1. The Morgan fingerprint density at radius 3 is 2.93 bits per heavy atom. The van der Waals surface area contributed by atoms with Crippen molar-refractivity contribution >= 4 is 11.3 Å². The van der Waals surface area contributed by atoms with Gasteiger partial charge in [-0.3, -0.25) is 0 Å². The number of likely N-dealkylation sites (tertiary alicyclic amines) is 1. The number of nitrogens with one attached hydrogen (secondary N) is 2. The Morgan fingerprint density at radius 2 is 2.10 bits per heavy atom. The van der Waals surface area contributed by atoms with E-state index in [2.05, 4.69) is 57.9 Å². The lowest BCUT2D eigenvalue weighted by Crippen LogP contribution is -2.21. The summed E-state index contributed by atoms with van der Waals surface area (Å²) >= 11 is 0. The second-order valence-corrected chi connectivity index (χ2v) is 7.62. The Hall–Kier alpha value is -3.54. The topological polar surface area (TPSA) is 57.5 Å². The van der Waals surface area contributed by atoms with E-state index in [1.807, 2.05) is 41.1 Å². The molecule has 6 nitrogen and oxygen atoms in total. The molecule has 0 amide bonds. The van der Waals surface area contributed by atoms with Crippen molar-refractivity contribution in [3.05, 3.63) is 84.7 Å². The molecule has 6 heteroatoms. The van der Waals surface area contributed by atoms with Gasteiger partial charge in [-0.05, 0) is 30.6 Å². The van der Waals surface area contributed by atoms with Crippen LogP contribution in [0.3, 0.4) is 0 Å². The van der Waals surface area contributed by atoms with Crippen LogP contribution in [0.4, 0.5) is 5.69 Å². The van der Waals surface area contributed by atoms with Crippen LogP contribution >= 0.6 is 0 Å². The lowest BCUT2D eigenvalue weighted by Gasteiger charge is -2.19. The summed E-state index contributed by atoms with van der Waals surface area (Å²) in [4.78, 5) is 6.90. The van der Waals surface area contributed by atoms with Crippen LogP contribution in [-0.2, 0) is 0 Å². The molecule has 1 saturated heterocycles. The van der Waals surface area contributed by atoms with Gasteiger partial charge in [0.25, 0.3) is 0 Å². The predicted octanol–water partition coefficient (Wildman–Crippen LogP) is 3.99. The Labute approximate surface area is 170 Å². The Kier molecular flexibility index (Phi) is 4.52. The van der Waals surface area contributed by atoms with E-state index in [1.165, 1.54) is 12.1 Å². The molecule has 0 saturated carbocycles. The van der Waals surface area contributed by atoms with Gasteiger partial charge in [-0.1, -0.05) is 43.3 Å². The van der Waals surface area contributed by atoms with Gasteiger partial charge in [0.05, 0.1) is 17.1 Å². The van der Waals surface area contributed by atoms with Crippen LogP contribution in [-0.4, -0.2) is 32.6 Å². The molecule has 0 spiro atoms. The zero-order valence-corrected chi connectivity index (χ0v) is 16.4. The average molecular weight is 384 g/mol. The Balaban J connectivity index is 1.42. The first-order valence-electron chi connectivity index (χ1n) is 10.0. The monoisotopic (exact) mass is 384 g/mol. The molecular weight excluding hydrogens is 360 g/mol. The molecule has 3 aromatic rings. The van der Waals surface area contributed by atoms with Gasteiger partial charge in [0.2, 0.25) is 0 Å². The molecule has 1 fully saturated rings. The molecule has 2 N–H and O–H groups in total. The zero-order chi connectivity index (χ0) is 19.6. The predicted molar refractivity (Wildman–Crippen MR) is 116 cm³/mol. The van der Waals surface area contributed by atoms with Gasteiger partial charge in [-0.2, -0.15) is 5.10 Å². The van der Waals surface area contributed by atoms with Gasteiger partial charge < -0.3 is 15.5 Å². The van der Waals surface area contributed by atoms with Crippen molar-refractivity contribution in [2.24, 2.45) is 5.92 Å². The largest absolute Gasteiger partial charge is 0.370 e. The number of fused-ring (bicyclic) bond motifs is 1. The number of imidazole rings is 1. The quantitative estimate of drug-likeness (QED) is 0.712. The van der Waals surface area contributed by atoms with Gasteiger partial charge in [-0.25, -0.2) is 9.50 Å². The van der Waals surface area contributed by atoms with E-state index in [4.69, 9.17) is 5.10 Å². The molecule has 4 heterocycles. The third-order valence-corrected chi connectivity index (χ3v) is 5.39. The summed E-state index contributed by atoms with van der Waals surface area (Å²) in [7, 11) is 0. The molecule has 5 rings (SSSR count). The van der Waals surface area contributed by atoms with E-state index < -0.39 is 0 Å². The van der Waals surface area contributed by atoms with Gasteiger partial charge >= 0.3 is 0 Å². The molecule has 2 aliphatic heterocycles. The number of hydrogen-bond acceptors (Lipinski definition) is 5. The van der Waals surface area contributed by atoms with Gasteiger partial charge in [-0.15, -0.1) is 0 Å². The lowest BCUT2D eigenvalue weighted by atomic mass is 10.1. The van der Waals surface area contributed by atoms with Crippen molar-refractivity contribution in [1.29, 1.82) is 0 Å². The van der Waals surface area contributed by atoms with E-state index in [0.717, 1.165) is 47.4 Å². The number of allylic oxidation sites excluding steroid dienone is 3. The molecule has 0 bridgehead atoms. The van der Waals surface area contributed by atoms with Crippen LogP contribution in [0.5, 0.6) is 0 Å². The SMILES string of the molecule is CC1CCN(C2=CNC(Nc3cc(-c4ccccc4)nn4ccnc34)=CC=C2)C1. The normalized spacial score (nSPS) is 18.9. The van der Waals surface area contributed by atoms with Gasteiger partial charge in [0, 0.05) is 37.2 Å². The number of rotatable bonds is 4. The van der Waals surface area contributed by atoms with E-state index in [1.54, 1.807) is 6.20 Å². The molecule has 1 aromatic carbocycles. The summed E-state index contributed by atoms with van der Waals surface area (Å²) < 4.78 is 1.81. The molecule has 146 valence electrons. The number of hydrogen-bond donors (Lipinski definition) is 2. The van der Waals surface area contributed by atoms with E-state index in [0.29, 0.717) is 0 Å². The van der Waals surface area contributed by atoms with E-state index in [-0.39, 0.29) is 0 Å². The summed E-state index contributed by atoms with van der Waals surface area (Å²) in [6.07, 6.45) is 13.2. The highest BCUT2D eigenvalue weighted by molar-refractivity contribution is 5.75. The molecule has 0 aliphatic carbocycles. The third kappa shape index (κ3) is 3.61. The van der Waals surface area contributed by atoms with Crippen LogP contribution in [0.2, 0.25) is 0 Å². The van der Waals surface area contributed by atoms with Crippen molar-refractivity contribution in [1.82, 2.24) is 24.8 Å². The minimum atomic E-state index is 0.750. The smallest absolute Gasteiger partial charge is 0.177 e. The molecular formula is C23H24N6. The summed E-state index contributed by atoms with van der Waals surface area (Å²) in [6, 6.07) is 12.2. The van der Waals surface area contributed by atoms with Crippen molar-refractivity contribution in [3.63, 3.8) is 0 Å². The van der Waals surface area contributed by atoms with Crippen molar-refractivity contribution < 1.29 is 0 Å². The maximum atomic E-state index is 4.69. The number of nitrogens with zero attached hydrogens (tertiary/aromatic N) is 4. The molecule has 29 heavy (non-hydrogen) atoms. The van der Waals surface area contributed by atoms with Crippen LogP contribution < -0.4 is 10.6 Å². The first kappa shape index (κ1) is 17.6. The highest BCUT2D eigenvalue weighted by Crippen LogP contribution is 2.25. The lowest BCUT2D eigenvalue weighted by molar-refractivity contribution is 0.421. The van der Waals surface area contributed by atoms with Crippen LogP contribution in [0.15, 0.2) is 84.7 Å². The fraction of sp³-hybridized carbons (Fsp3) is 0.217. The minimum Gasteiger partial charge on any atom is -0.370 e. The molecule has 0 radical (unpaired) electrons. The minimum absolute atomic E-state index is 0.750. The van der Waals surface area contributed by atoms with Crippen molar-refractivity contribution in [2.45, 2.75) is 13.3 Å². The van der Waals surface area contributed by atoms with Crippen LogP contribution in [0, 0.1) is 5.92 Å². The van der Waals surface area contributed by atoms with Crippen LogP contribution in [0.1, 0.15) is 13.3 Å². The summed E-state index contributed by atoms with van der Waals surface area (Å²) in [6.45, 7) is 4.53. The molecule has 1 unspecified atom stereocenters. The highest BCUT2D eigenvalue weighted by Gasteiger charge is 2.20. The average Bonchev–Trinajstić information content (AvgIpc) is 3.33. The molecule has 2 aliphatic rings. The van der Waals surface area contributed by atoms with Crippen molar-refractivity contribution in [3.8, 4) is 11.3 Å². The van der Waals surface area contributed by atoms with Crippen LogP contribution in [0.25, 0.3) is 16.9 Å². The summed E-state index contributed by atoms with van der Waals surface area (Å²) in [5.41, 5.74) is 4.87. The van der Waals surface area contributed by atoms with E-state index in [9.17, 15) is 0 Å². The van der Waals surface area contributed by atoms with Gasteiger partial charge in [0.15, 0.2) is 5.65 Å². The van der Waals surface area contributed by atoms with E-state index >= 15 is 0 Å². The standard InChI is InChI=1S/C23H24N6/c1-17-10-12-28(16-17)19-8-5-9-22(25-15-19)26-21-14-20(18-6-3-2-4-7-18)27-29-13-11-24-23(21)29/h2-9,11,13-15,17,25-26H,10,12,16H2,1H3. The Morgan fingerprint density at radius 1 is 1.21 bits per heavy atom. The molecule has 2 aromatic heterocycles. The third-order valence-electron chi connectivity index (χ3n) is 5.39. The second-order valence-electron chi connectivity index (χ2n) is 7.62. The van der Waals surface area contributed by atoms with Crippen molar-refractivity contribution in [2.75, 3.05) is 18.4 Å². The second kappa shape index (κ2) is 7.47. The first-order chi connectivity index (χ1) is 14.3.